The largest absolute Gasteiger partial charge is 0.411 e. The van der Waals surface area contributed by atoms with Crippen LogP contribution in [0.25, 0.3) is 0 Å². The third kappa shape index (κ3) is 8.13. The Hall–Kier alpha value is -3.33. The Labute approximate surface area is 178 Å². The zero-order valence-corrected chi connectivity index (χ0v) is 16.7. The van der Waals surface area contributed by atoms with E-state index in [9.17, 15) is 18.0 Å². The topological polar surface area (TPSA) is 68.2 Å². The quantitative estimate of drug-likeness (QED) is 0.537. The summed E-state index contributed by atoms with van der Waals surface area (Å²) in [5, 5.41) is 9.71. The molecule has 0 bridgehead atoms. The average Bonchev–Trinajstić information content (AvgIpc) is 3.25. The van der Waals surface area contributed by atoms with Crippen molar-refractivity contribution in [2.45, 2.75) is 32.4 Å². The number of carbonyl (C=O) groups is 1. The number of nitrogens with one attached hydrogen (secondary N) is 2. The van der Waals surface area contributed by atoms with Crippen molar-refractivity contribution in [1.29, 1.82) is 0 Å². The minimum absolute atomic E-state index is 0.117. The molecule has 9 heteroatoms. The highest BCUT2D eigenvalue weighted by Crippen LogP contribution is 2.16. The molecular weight excluding hydrogens is 409 g/mol. The number of hydrogen-bond acceptors (Lipinski definition) is 3. The van der Waals surface area contributed by atoms with Crippen molar-refractivity contribution in [3.05, 3.63) is 89.2 Å². The summed E-state index contributed by atoms with van der Waals surface area (Å²) in [6, 6.07) is 16.3. The number of hydrogen-bond donors (Lipinski definition) is 2. The molecule has 0 unspecified atom stereocenters. The fourth-order valence-corrected chi connectivity index (χ4v) is 2.81. The van der Waals surface area contributed by atoms with E-state index in [2.05, 4.69) is 20.5 Å². The van der Waals surface area contributed by atoms with Gasteiger partial charge in [-0.3, -0.25) is 4.68 Å². The van der Waals surface area contributed by atoms with Crippen LogP contribution in [0.3, 0.4) is 0 Å². The smallest absolute Gasteiger partial charge is 0.367 e. The number of benzene rings is 2. The molecule has 0 radical (unpaired) electrons. The van der Waals surface area contributed by atoms with Gasteiger partial charge in [-0.1, -0.05) is 48.5 Å². The molecule has 0 spiro atoms. The van der Waals surface area contributed by atoms with E-state index in [1.54, 1.807) is 30.5 Å². The molecule has 2 aromatic carbocycles. The van der Waals surface area contributed by atoms with Crippen LogP contribution in [0.15, 0.2) is 67.0 Å². The number of rotatable bonds is 9. The Morgan fingerprint density at radius 1 is 0.903 bits per heavy atom. The minimum atomic E-state index is -4.33. The number of amides is 2. The van der Waals surface area contributed by atoms with Gasteiger partial charge in [0.05, 0.1) is 13.2 Å². The van der Waals surface area contributed by atoms with Gasteiger partial charge in [-0.2, -0.15) is 18.3 Å². The van der Waals surface area contributed by atoms with E-state index in [1.165, 1.54) is 0 Å². The molecule has 0 saturated carbocycles. The van der Waals surface area contributed by atoms with Crippen LogP contribution < -0.4 is 10.6 Å². The molecular formula is C22H23F3N4O2. The van der Waals surface area contributed by atoms with Crippen LogP contribution in [0.5, 0.6) is 0 Å². The minimum Gasteiger partial charge on any atom is -0.367 e. The standard InChI is InChI=1S/C22H23F3N4O2/c23-22(24,25)16-31-15-20-8-4-18(5-9-20)13-27-21(30)26-12-17-2-6-19(7-3-17)14-29-11-1-10-28-29/h1-11H,12-16H2,(H2,26,27,30). The molecule has 6 nitrogen and oxygen atoms in total. The van der Waals surface area contributed by atoms with E-state index in [0.717, 1.165) is 16.7 Å². The Balaban J connectivity index is 1.36. The van der Waals surface area contributed by atoms with E-state index >= 15 is 0 Å². The first-order valence-electron chi connectivity index (χ1n) is 9.67. The van der Waals surface area contributed by atoms with Crippen molar-refractivity contribution in [3.63, 3.8) is 0 Å². The first kappa shape index (κ1) is 22.4. The lowest BCUT2D eigenvalue weighted by molar-refractivity contribution is -0.176. The fourth-order valence-electron chi connectivity index (χ4n) is 2.81. The van der Waals surface area contributed by atoms with E-state index in [1.807, 2.05) is 41.2 Å². The van der Waals surface area contributed by atoms with Crippen LogP contribution in [-0.2, 0) is 31.0 Å². The van der Waals surface area contributed by atoms with Crippen molar-refractivity contribution in [2.75, 3.05) is 6.61 Å². The van der Waals surface area contributed by atoms with Crippen molar-refractivity contribution in [3.8, 4) is 0 Å². The number of ether oxygens (including phenoxy) is 1. The molecule has 31 heavy (non-hydrogen) atoms. The Kier molecular flexibility index (Phi) is 7.66. The lowest BCUT2D eigenvalue weighted by Crippen LogP contribution is -2.34. The van der Waals surface area contributed by atoms with Gasteiger partial charge in [0, 0.05) is 25.5 Å². The molecule has 0 aliphatic heterocycles. The summed E-state index contributed by atoms with van der Waals surface area (Å²) in [7, 11) is 0. The van der Waals surface area contributed by atoms with Gasteiger partial charge in [0.1, 0.15) is 6.61 Å². The van der Waals surface area contributed by atoms with Crippen LogP contribution in [-0.4, -0.2) is 28.6 Å². The normalized spacial score (nSPS) is 11.3. The van der Waals surface area contributed by atoms with Crippen LogP contribution in [0.1, 0.15) is 22.3 Å². The highest BCUT2D eigenvalue weighted by Gasteiger charge is 2.27. The van der Waals surface area contributed by atoms with E-state index in [0.29, 0.717) is 25.2 Å². The maximum Gasteiger partial charge on any atom is 0.411 e. The molecule has 0 fully saturated rings. The number of carbonyl (C=O) groups excluding carboxylic acids is 1. The second kappa shape index (κ2) is 10.6. The predicted molar refractivity (Wildman–Crippen MR) is 109 cm³/mol. The first-order chi connectivity index (χ1) is 14.9. The summed E-state index contributed by atoms with van der Waals surface area (Å²) >= 11 is 0. The third-order valence-electron chi connectivity index (χ3n) is 4.39. The number of halogens is 3. The van der Waals surface area contributed by atoms with Gasteiger partial charge >= 0.3 is 12.2 Å². The third-order valence-corrected chi connectivity index (χ3v) is 4.39. The van der Waals surface area contributed by atoms with Crippen LogP contribution in [0.4, 0.5) is 18.0 Å². The molecule has 164 valence electrons. The summed E-state index contributed by atoms with van der Waals surface area (Å²) in [5.74, 6) is 0. The predicted octanol–water partition coefficient (Wildman–Crippen LogP) is 4.01. The Morgan fingerprint density at radius 3 is 1.97 bits per heavy atom. The van der Waals surface area contributed by atoms with E-state index in [-0.39, 0.29) is 12.6 Å². The SMILES string of the molecule is O=C(NCc1ccc(COCC(F)(F)F)cc1)NCc1ccc(Cn2cccn2)cc1. The molecule has 0 saturated heterocycles. The van der Waals surface area contributed by atoms with E-state index < -0.39 is 12.8 Å². The Bertz CT molecular complexity index is 940. The van der Waals surface area contributed by atoms with Crippen molar-refractivity contribution >= 4 is 6.03 Å². The number of nitrogens with zero attached hydrogens (tertiary/aromatic N) is 2. The second-order valence-corrected chi connectivity index (χ2v) is 6.98. The molecule has 1 heterocycles. The molecule has 2 amide bonds. The van der Waals surface area contributed by atoms with Gasteiger partial charge in [0.25, 0.3) is 0 Å². The van der Waals surface area contributed by atoms with Gasteiger partial charge in [0.15, 0.2) is 0 Å². The number of alkyl halides is 3. The van der Waals surface area contributed by atoms with Crippen molar-refractivity contribution in [1.82, 2.24) is 20.4 Å². The van der Waals surface area contributed by atoms with Crippen molar-refractivity contribution < 1.29 is 22.7 Å². The van der Waals surface area contributed by atoms with Crippen molar-refractivity contribution in [2.24, 2.45) is 0 Å². The summed E-state index contributed by atoms with van der Waals surface area (Å²) in [6.07, 6.45) is -0.701. The van der Waals surface area contributed by atoms with Gasteiger partial charge in [0.2, 0.25) is 0 Å². The first-order valence-corrected chi connectivity index (χ1v) is 9.67. The fraction of sp³-hybridized carbons (Fsp3) is 0.273. The zero-order valence-electron chi connectivity index (χ0n) is 16.7. The van der Waals surface area contributed by atoms with Gasteiger partial charge in [-0.15, -0.1) is 0 Å². The second-order valence-electron chi connectivity index (χ2n) is 6.98. The van der Waals surface area contributed by atoms with Gasteiger partial charge in [-0.25, -0.2) is 4.79 Å². The van der Waals surface area contributed by atoms with Gasteiger partial charge < -0.3 is 15.4 Å². The molecule has 1 aromatic heterocycles. The molecule has 3 aromatic rings. The monoisotopic (exact) mass is 432 g/mol. The zero-order chi connectivity index (χ0) is 22.1. The maximum atomic E-state index is 12.1. The lowest BCUT2D eigenvalue weighted by Gasteiger charge is -2.10. The summed E-state index contributed by atoms with van der Waals surface area (Å²) in [6.45, 7) is -0.00584. The van der Waals surface area contributed by atoms with Crippen LogP contribution in [0, 0.1) is 0 Å². The van der Waals surface area contributed by atoms with Crippen LogP contribution in [0.2, 0.25) is 0 Å². The summed E-state index contributed by atoms with van der Waals surface area (Å²) in [4.78, 5) is 12.0. The highest BCUT2D eigenvalue weighted by molar-refractivity contribution is 5.73. The van der Waals surface area contributed by atoms with Gasteiger partial charge in [-0.05, 0) is 28.3 Å². The molecule has 0 aliphatic carbocycles. The highest BCUT2D eigenvalue weighted by atomic mass is 19.4. The Morgan fingerprint density at radius 2 is 1.45 bits per heavy atom. The summed E-state index contributed by atoms with van der Waals surface area (Å²) in [5.41, 5.74) is 3.55. The number of aromatic nitrogens is 2. The molecule has 0 aliphatic rings. The lowest BCUT2D eigenvalue weighted by atomic mass is 10.1. The molecule has 0 atom stereocenters. The maximum absolute atomic E-state index is 12.1. The summed E-state index contributed by atoms with van der Waals surface area (Å²) < 4.78 is 42.7. The average molecular weight is 432 g/mol. The molecule has 3 rings (SSSR count). The molecule has 2 N–H and O–H groups in total. The number of urea groups is 1. The van der Waals surface area contributed by atoms with Crippen LogP contribution >= 0.6 is 0 Å². The van der Waals surface area contributed by atoms with E-state index in [4.69, 9.17) is 0 Å².